The van der Waals surface area contributed by atoms with Crippen LogP contribution in [0.15, 0.2) is 11.6 Å². The molecule has 1 saturated heterocycles. The highest BCUT2D eigenvalue weighted by atomic mass is 16.2. The van der Waals surface area contributed by atoms with Gasteiger partial charge in [-0.1, -0.05) is 11.6 Å². The summed E-state index contributed by atoms with van der Waals surface area (Å²) in [6.07, 6.45) is 6.20. The van der Waals surface area contributed by atoms with Crippen molar-refractivity contribution >= 4 is 11.7 Å². The molecule has 0 N–H and O–H groups in total. The van der Waals surface area contributed by atoms with E-state index in [0.29, 0.717) is 13.0 Å². The molecule has 1 unspecified atom stereocenters. The highest BCUT2D eigenvalue weighted by molar-refractivity contribution is 6.00. The SMILES string of the molecule is CC1=CC(N2CCC(=O)CC2=O)CCC1. The van der Waals surface area contributed by atoms with Crippen LogP contribution < -0.4 is 0 Å². The van der Waals surface area contributed by atoms with E-state index in [4.69, 9.17) is 0 Å². The van der Waals surface area contributed by atoms with E-state index < -0.39 is 0 Å². The van der Waals surface area contributed by atoms with Gasteiger partial charge in [0.15, 0.2) is 0 Å². The Kier molecular flexibility index (Phi) is 2.89. The first-order chi connectivity index (χ1) is 7.16. The van der Waals surface area contributed by atoms with E-state index in [1.807, 2.05) is 4.90 Å². The van der Waals surface area contributed by atoms with Gasteiger partial charge in [0.05, 0.1) is 12.5 Å². The van der Waals surface area contributed by atoms with Crippen LogP contribution in [0.25, 0.3) is 0 Å². The number of likely N-dealkylation sites (tertiary alicyclic amines) is 1. The van der Waals surface area contributed by atoms with Gasteiger partial charge < -0.3 is 4.90 Å². The van der Waals surface area contributed by atoms with Gasteiger partial charge in [-0.05, 0) is 26.2 Å². The van der Waals surface area contributed by atoms with E-state index in [-0.39, 0.29) is 24.2 Å². The average Bonchev–Trinajstić information content (AvgIpc) is 2.17. The second kappa shape index (κ2) is 4.17. The fourth-order valence-electron chi connectivity index (χ4n) is 2.41. The molecule has 0 aromatic heterocycles. The molecule has 1 amide bonds. The molecule has 0 aromatic rings. The average molecular weight is 207 g/mol. The molecule has 3 heteroatoms. The zero-order valence-corrected chi connectivity index (χ0v) is 9.16. The summed E-state index contributed by atoms with van der Waals surface area (Å²) < 4.78 is 0. The van der Waals surface area contributed by atoms with E-state index >= 15 is 0 Å². The van der Waals surface area contributed by atoms with Crippen molar-refractivity contribution < 1.29 is 9.59 Å². The first kappa shape index (κ1) is 10.4. The second-order valence-corrected chi connectivity index (χ2v) is 4.53. The number of allylic oxidation sites excluding steroid dienone is 1. The molecule has 1 atom stereocenters. The van der Waals surface area contributed by atoms with Crippen LogP contribution in [-0.2, 0) is 9.59 Å². The van der Waals surface area contributed by atoms with E-state index in [9.17, 15) is 9.59 Å². The molecule has 15 heavy (non-hydrogen) atoms. The molecule has 0 bridgehead atoms. The summed E-state index contributed by atoms with van der Waals surface area (Å²) in [5.41, 5.74) is 1.37. The summed E-state index contributed by atoms with van der Waals surface area (Å²) >= 11 is 0. The summed E-state index contributed by atoms with van der Waals surface area (Å²) in [6.45, 7) is 2.73. The van der Waals surface area contributed by atoms with Gasteiger partial charge in [0.1, 0.15) is 5.78 Å². The standard InChI is InChI=1S/C12H17NO2/c1-9-3-2-4-10(7-9)13-6-5-11(14)8-12(13)15/h7,10H,2-6,8H2,1H3. The van der Waals surface area contributed by atoms with Crippen LogP contribution in [0.1, 0.15) is 39.0 Å². The summed E-state index contributed by atoms with van der Waals surface area (Å²) in [5.74, 6) is 0.106. The molecule has 1 fully saturated rings. The Morgan fingerprint density at radius 2 is 2.13 bits per heavy atom. The number of rotatable bonds is 1. The van der Waals surface area contributed by atoms with Gasteiger partial charge in [0.25, 0.3) is 0 Å². The number of piperidine rings is 1. The summed E-state index contributed by atoms with van der Waals surface area (Å²) in [4.78, 5) is 24.7. The fourth-order valence-corrected chi connectivity index (χ4v) is 2.41. The lowest BCUT2D eigenvalue weighted by atomic mass is 9.94. The minimum atomic E-state index is 0.0159. The number of Topliss-reactive ketones (excluding diaryl/α,β-unsaturated/α-hetero) is 1. The van der Waals surface area contributed by atoms with Crippen LogP contribution in [-0.4, -0.2) is 29.2 Å². The number of hydrogen-bond acceptors (Lipinski definition) is 2. The molecular formula is C12H17NO2. The number of carbonyl (C=O) groups is 2. The molecule has 2 rings (SSSR count). The molecule has 1 aliphatic carbocycles. The maximum Gasteiger partial charge on any atom is 0.230 e. The van der Waals surface area contributed by atoms with Crippen LogP contribution in [0.4, 0.5) is 0 Å². The molecule has 3 nitrogen and oxygen atoms in total. The summed E-state index contributed by atoms with van der Waals surface area (Å²) in [7, 11) is 0. The third-order valence-corrected chi connectivity index (χ3v) is 3.25. The molecule has 0 spiro atoms. The van der Waals surface area contributed by atoms with E-state index in [1.165, 1.54) is 5.57 Å². The molecule has 2 aliphatic rings. The third-order valence-electron chi connectivity index (χ3n) is 3.25. The van der Waals surface area contributed by atoms with E-state index in [0.717, 1.165) is 19.3 Å². The van der Waals surface area contributed by atoms with Crippen molar-refractivity contribution in [2.45, 2.75) is 45.1 Å². The van der Waals surface area contributed by atoms with Gasteiger partial charge in [-0.2, -0.15) is 0 Å². The van der Waals surface area contributed by atoms with E-state index in [2.05, 4.69) is 13.0 Å². The topological polar surface area (TPSA) is 37.4 Å². The molecule has 82 valence electrons. The lowest BCUT2D eigenvalue weighted by Gasteiger charge is -2.34. The molecule has 1 aliphatic heterocycles. The molecule has 0 aromatic carbocycles. The first-order valence-electron chi connectivity index (χ1n) is 5.65. The third kappa shape index (κ3) is 2.28. The predicted octanol–water partition coefficient (Wildman–Crippen LogP) is 1.68. The monoisotopic (exact) mass is 207 g/mol. The Balaban J connectivity index is 2.07. The Morgan fingerprint density at radius 1 is 1.33 bits per heavy atom. The fraction of sp³-hybridized carbons (Fsp3) is 0.667. The van der Waals surface area contributed by atoms with Crippen LogP contribution in [0.5, 0.6) is 0 Å². The number of amides is 1. The van der Waals surface area contributed by atoms with Gasteiger partial charge in [0, 0.05) is 13.0 Å². The van der Waals surface area contributed by atoms with Gasteiger partial charge in [-0.3, -0.25) is 9.59 Å². The van der Waals surface area contributed by atoms with Crippen molar-refractivity contribution in [3.05, 3.63) is 11.6 Å². The maximum atomic E-state index is 11.7. The van der Waals surface area contributed by atoms with Gasteiger partial charge in [0.2, 0.25) is 5.91 Å². The largest absolute Gasteiger partial charge is 0.335 e. The molecule has 0 radical (unpaired) electrons. The van der Waals surface area contributed by atoms with Crippen LogP contribution in [0, 0.1) is 0 Å². The quantitative estimate of drug-likeness (QED) is 0.484. The van der Waals surface area contributed by atoms with Gasteiger partial charge in [-0.25, -0.2) is 0 Å². The Morgan fingerprint density at radius 3 is 2.80 bits per heavy atom. The maximum absolute atomic E-state index is 11.7. The van der Waals surface area contributed by atoms with Gasteiger partial charge >= 0.3 is 0 Å². The van der Waals surface area contributed by atoms with E-state index in [1.54, 1.807) is 0 Å². The minimum Gasteiger partial charge on any atom is -0.335 e. The summed E-state index contributed by atoms with van der Waals surface area (Å²) in [5, 5.41) is 0. The zero-order chi connectivity index (χ0) is 10.8. The number of nitrogens with zero attached hydrogens (tertiary/aromatic N) is 1. The van der Waals surface area contributed by atoms with Crippen LogP contribution in [0.2, 0.25) is 0 Å². The Bertz CT molecular complexity index is 320. The van der Waals surface area contributed by atoms with Crippen molar-refractivity contribution in [2.75, 3.05) is 6.54 Å². The first-order valence-corrected chi connectivity index (χ1v) is 5.65. The summed E-state index contributed by atoms with van der Waals surface area (Å²) in [6, 6.07) is 0.249. The molecule has 1 heterocycles. The highest BCUT2D eigenvalue weighted by Crippen LogP contribution is 2.23. The lowest BCUT2D eigenvalue weighted by molar-refractivity contribution is -0.140. The molecular weight excluding hydrogens is 190 g/mol. The molecule has 0 saturated carbocycles. The van der Waals surface area contributed by atoms with Crippen LogP contribution in [0.3, 0.4) is 0 Å². The van der Waals surface area contributed by atoms with Crippen molar-refractivity contribution in [3.8, 4) is 0 Å². The number of ketones is 1. The highest BCUT2D eigenvalue weighted by Gasteiger charge is 2.29. The zero-order valence-electron chi connectivity index (χ0n) is 9.16. The van der Waals surface area contributed by atoms with Crippen molar-refractivity contribution in [3.63, 3.8) is 0 Å². The van der Waals surface area contributed by atoms with Crippen molar-refractivity contribution in [1.29, 1.82) is 0 Å². The van der Waals surface area contributed by atoms with Crippen molar-refractivity contribution in [1.82, 2.24) is 4.90 Å². The minimum absolute atomic E-state index is 0.0159. The number of hydrogen-bond donors (Lipinski definition) is 0. The van der Waals surface area contributed by atoms with Gasteiger partial charge in [-0.15, -0.1) is 0 Å². The Hall–Kier alpha value is -1.12. The normalized spacial score (nSPS) is 27.9. The lowest BCUT2D eigenvalue weighted by Crippen LogP contribution is -2.45. The number of carbonyl (C=O) groups excluding carboxylic acids is 2. The van der Waals surface area contributed by atoms with Crippen molar-refractivity contribution in [2.24, 2.45) is 0 Å². The van der Waals surface area contributed by atoms with Crippen LogP contribution >= 0.6 is 0 Å². The smallest absolute Gasteiger partial charge is 0.230 e. The Labute approximate surface area is 90.1 Å². The predicted molar refractivity (Wildman–Crippen MR) is 57.4 cm³/mol. The second-order valence-electron chi connectivity index (χ2n) is 4.53.